The van der Waals surface area contributed by atoms with Gasteiger partial charge in [0, 0.05) is 36.8 Å². The number of carbonyl (C=O) groups is 1. The van der Waals surface area contributed by atoms with E-state index < -0.39 is 0 Å². The molecule has 0 spiro atoms. The number of carbonyl (C=O) groups excluding carboxylic acids is 1. The maximum Gasteiger partial charge on any atom is 0.225 e. The van der Waals surface area contributed by atoms with E-state index in [1.54, 1.807) is 0 Å². The molecule has 0 bridgehead atoms. The maximum atomic E-state index is 12.9. The van der Waals surface area contributed by atoms with Crippen molar-refractivity contribution in [2.75, 3.05) is 6.54 Å². The molecule has 0 radical (unpaired) electrons. The average Bonchev–Trinajstić information content (AvgIpc) is 3.07. The predicted molar refractivity (Wildman–Crippen MR) is 87.5 cm³/mol. The third kappa shape index (κ3) is 3.21. The quantitative estimate of drug-likeness (QED) is 0.807. The smallest absolute Gasteiger partial charge is 0.225 e. The van der Waals surface area contributed by atoms with E-state index in [0.717, 1.165) is 44.1 Å². The molecule has 2 aliphatic rings. The summed E-state index contributed by atoms with van der Waals surface area (Å²) in [5.74, 6) is 1.42. The summed E-state index contributed by atoms with van der Waals surface area (Å²) in [6.07, 6.45) is 7.21. The van der Waals surface area contributed by atoms with E-state index in [0.29, 0.717) is 5.91 Å². The minimum atomic E-state index is 0.278. The summed E-state index contributed by atoms with van der Waals surface area (Å²) in [6.45, 7) is 8.92. The Morgan fingerprint density at radius 3 is 2.45 bits per heavy atom. The zero-order valence-corrected chi connectivity index (χ0v) is 14.3. The van der Waals surface area contributed by atoms with Crippen molar-refractivity contribution in [1.82, 2.24) is 14.7 Å². The fourth-order valence-corrected chi connectivity index (χ4v) is 3.74. The van der Waals surface area contributed by atoms with E-state index >= 15 is 0 Å². The van der Waals surface area contributed by atoms with Crippen LogP contribution in [-0.2, 0) is 17.9 Å². The molecule has 1 amide bonds. The van der Waals surface area contributed by atoms with Crippen molar-refractivity contribution in [3.63, 3.8) is 0 Å². The molecule has 2 saturated carbocycles. The molecule has 1 aromatic rings. The maximum absolute atomic E-state index is 12.9. The minimum absolute atomic E-state index is 0.278. The summed E-state index contributed by atoms with van der Waals surface area (Å²) in [7, 11) is 0. The molecule has 0 saturated heterocycles. The largest absolute Gasteiger partial charge is 0.338 e. The number of aryl methyl sites for hydroxylation is 2. The molecule has 3 rings (SSSR count). The van der Waals surface area contributed by atoms with Crippen molar-refractivity contribution in [1.29, 1.82) is 0 Å². The van der Waals surface area contributed by atoms with Crippen molar-refractivity contribution in [3.8, 4) is 0 Å². The lowest BCUT2D eigenvalue weighted by Gasteiger charge is -2.26. The first-order valence-corrected chi connectivity index (χ1v) is 8.91. The highest BCUT2D eigenvalue weighted by Crippen LogP contribution is 2.33. The first kappa shape index (κ1) is 15.6. The Morgan fingerprint density at radius 2 is 1.91 bits per heavy atom. The topological polar surface area (TPSA) is 38.1 Å². The van der Waals surface area contributed by atoms with E-state index in [-0.39, 0.29) is 5.92 Å². The first-order chi connectivity index (χ1) is 10.6. The highest BCUT2D eigenvalue weighted by Gasteiger charge is 2.32. The lowest BCUT2D eigenvalue weighted by atomic mass is 10.1. The van der Waals surface area contributed by atoms with E-state index in [1.807, 2.05) is 0 Å². The summed E-state index contributed by atoms with van der Waals surface area (Å²) in [5.41, 5.74) is 3.56. The van der Waals surface area contributed by atoms with Crippen LogP contribution >= 0.6 is 0 Å². The summed E-state index contributed by atoms with van der Waals surface area (Å²) < 4.78 is 2.06. The molecule has 0 aliphatic heterocycles. The monoisotopic (exact) mass is 303 g/mol. The molecule has 4 heteroatoms. The Bertz CT molecular complexity index is 539. The minimum Gasteiger partial charge on any atom is -0.338 e. The Kier molecular flexibility index (Phi) is 4.55. The zero-order valence-electron chi connectivity index (χ0n) is 14.3. The zero-order chi connectivity index (χ0) is 15.7. The van der Waals surface area contributed by atoms with E-state index in [1.165, 1.54) is 36.9 Å². The highest BCUT2D eigenvalue weighted by atomic mass is 16.2. The van der Waals surface area contributed by atoms with Crippen molar-refractivity contribution < 1.29 is 4.79 Å². The van der Waals surface area contributed by atoms with Gasteiger partial charge in [-0.05, 0) is 52.4 Å². The third-order valence-electron chi connectivity index (χ3n) is 5.37. The van der Waals surface area contributed by atoms with Crippen LogP contribution in [0.2, 0.25) is 0 Å². The van der Waals surface area contributed by atoms with Gasteiger partial charge < -0.3 is 4.90 Å². The molecular weight excluding hydrogens is 274 g/mol. The molecule has 0 N–H and O–H groups in total. The standard InChI is InChI=1S/C18H29N3O/c1-4-21-14(3)17(13(2)19-21)12-20(11-15-9-10-15)18(22)16-7-5-6-8-16/h15-16H,4-12H2,1-3H3. The number of aromatic nitrogens is 2. The van der Waals surface area contributed by atoms with Crippen LogP contribution in [0.4, 0.5) is 0 Å². The van der Waals surface area contributed by atoms with Gasteiger partial charge in [0.25, 0.3) is 0 Å². The van der Waals surface area contributed by atoms with Gasteiger partial charge in [-0.1, -0.05) is 12.8 Å². The van der Waals surface area contributed by atoms with Crippen molar-refractivity contribution in [2.45, 2.75) is 72.4 Å². The summed E-state index contributed by atoms with van der Waals surface area (Å²) >= 11 is 0. The fourth-order valence-electron chi connectivity index (χ4n) is 3.74. The summed E-state index contributed by atoms with van der Waals surface area (Å²) in [5, 5.41) is 4.61. The van der Waals surface area contributed by atoms with Gasteiger partial charge in [-0.15, -0.1) is 0 Å². The fraction of sp³-hybridized carbons (Fsp3) is 0.778. The first-order valence-electron chi connectivity index (χ1n) is 8.91. The van der Waals surface area contributed by atoms with Crippen molar-refractivity contribution in [3.05, 3.63) is 17.0 Å². The van der Waals surface area contributed by atoms with Crippen LogP contribution < -0.4 is 0 Å². The second kappa shape index (κ2) is 6.43. The van der Waals surface area contributed by atoms with Crippen LogP contribution in [-0.4, -0.2) is 27.1 Å². The van der Waals surface area contributed by atoms with Gasteiger partial charge in [0.05, 0.1) is 5.69 Å². The third-order valence-corrected chi connectivity index (χ3v) is 5.37. The molecule has 2 aliphatic carbocycles. The van der Waals surface area contributed by atoms with Gasteiger partial charge in [-0.3, -0.25) is 9.48 Å². The molecule has 0 atom stereocenters. The van der Waals surface area contributed by atoms with Gasteiger partial charge in [0.15, 0.2) is 0 Å². The number of nitrogens with zero attached hydrogens (tertiary/aromatic N) is 3. The highest BCUT2D eigenvalue weighted by molar-refractivity contribution is 5.79. The predicted octanol–water partition coefficient (Wildman–Crippen LogP) is 3.45. The average molecular weight is 303 g/mol. The molecule has 4 nitrogen and oxygen atoms in total. The lowest BCUT2D eigenvalue weighted by Crippen LogP contribution is -2.36. The second-order valence-corrected chi connectivity index (χ2v) is 7.11. The molecule has 2 fully saturated rings. The molecular formula is C18H29N3O. The lowest BCUT2D eigenvalue weighted by molar-refractivity contribution is -0.136. The SMILES string of the molecule is CCn1nc(C)c(CN(CC2CC2)C(=O)C2CCCC2)c1C. The van der Waals surface area contributed by atoms with Crippen LogP contribution in [0.3, 0.4) is 0 Å². The Morgan fingerprint density at radius 1 is 1.23 bits per heavy atom. The van der Waals surface area contributed by atoms with Gasteiger partial charge in [-0.2, -0.15) is 5.10 Å². The Balaban J connectivity index is 1.77. The van der Waals surface area contributed by atoms with Crippen LogP contribution in [0.1, 0.15) is 62.4 Å². The molecule has 0 aromatic carbocycles. The number of hydrogen-bond acceptors (Lipinski definition) is 2. The van der Waals surface area contributed by atoms with Gasteiger partial charge in [0.2, 0.25) is 5.91 Å². The van der Waals surface area contributed by atoms with E-state index in [2.05, 4.69) is 35.5 Å². The summed E-state index contributed by atoms with van der Waals surface area (Å²) in [6, 6.07) is 0. The van der Waals surface area contributed by atoms with Crippen LogP contribution in [0.25, 0.3) is 0 Å². The number of rotatable bonds is 6. The van der Waals surface area contributed by atoms with Crippen molar-refractivity contribution in [2.24, 2.45) is 11.8 Å². The van der Waals surface area contributed by atoms with E-state index in [9.17, 15) is 4.79 Å². The van der Waals surface area contributed by atoms with Gasteiger partial charge in [0.1, 0.15) is 0 Å². The Hall–Kier alpha value is -1.32. The second-order valence-electron chi connectivity index (χ2n) is 7.11. The van der Waals surface area contributed by atoms with Crippen molar-refractivity contribution >= 4 is 5.91 Å². The number of hydrogen-bond donors (Lipinski definition) is 0. The summed E-state index contributed by atoms with van der Waals surface area (Å²) in [4.78, 5) is 15.1. The van der Waals surface area contributed by atoms with Gasteiger partial charge >= 0.3 is 0 Å². The molecule has 1 heterocycles. The van der Waals surface area contributed by atoms with E-state index in [4.69, 9.17) is 0 Å². The molecule has 122 valence electrons. The number of amides is 1. The van der Waals surface area contributed by atoms with Crippen LogP contribution in [0.15, 0.2) is 0 Å². The molecule has 1 aromatic heterocycles. The molecule has 22 heavy (non-hydrogen) atoms. The van der Waals surface area contributed by atoms with Gasteiger partial charge in [-0.25, -0.2) is 0 Å². The normalized spacial score (nSPS) is 18.9. The Labute approximate surface area is 133 Å². The van der Waals surface area contributed by atoms with Crippen LogP contribution in [0, 0.1) is 25.7 Å². The van der Waals surface area contributed by atoms with Crippen LogP contribution in [0.5, 0.6) is 0 Å². The molecule has 0 unspecified atom stereocenters.